The van der Waals surface area contributed by atoms with Gasteiger partial charge in [-0.15, -0.1) is 0 Å². The lowest BCUT2D eigenvalue weighted by Crippen LogP contribution is -2.21. The smallest absolute Gasteiger partial charge is 0.224 e. The third-order valence-corrected chi connectivity index (χ3v) is 2.68. The zero-order valence-corrected chi connectivity index (χ0v) is 12.0. The Morgan fingerprint density at radius 2 is 2.16 bits per heavy atom. The molecule has 0 fully saturated rings. The minimum atomic E-state index is 0.0334. The summed E-state index contributed by atoms with van der Waals surface area (Å²) in [6.07, 6.45) is 1.24. The number of rotatable bonds is 8. The molecule has 1 amide bonds. The van der Waals surface area contributed by atoms with Gasteiger partial charge in [0.1, 0.15) is 0 Å². The molecule has 0 unspecified atom stereocenters. The second-order valence-corrected chi connectivity index (χ2v) is 4.88. The second-order valence-electron chi connectivity index (χ2n) is 4.88. The normalized spacial score (nSPS) is 10.7. The van der Waals surface area contributed by atoms with Crippen LogP contribution in [0.4, 0.5) is 5.69 Å². The Labute approximate surface area is 115 Å². The number of methoxy groups -OCH3 is 1. The summed E-state index contributed by atoms with van der Waals surface area (Å²) in [5, 5.41) is 6.26. The van der Waals surface area contributed by atoms with Gasteiger partial charge in [-0.05, 0) is 24.1 Å². The highest BCUT2D eigenvalue weighted by atomic mass is 16.5. The minimum absolute atomic E-state index is 0.0334. The monoisotopic (exact) mass is 264 g/mol. The number of carbonyl (C=O) groups excluding carboxylic acids is 1. The van der Waals surface area contributed by atoms with E-state index in [1.807, 2.05) is 18.2 Å². The van der Waals surface area contributed by atoms with Crippen molar-refractivity contribution < 1.29 is 9.53 Å². The first-order chi connectivity index (χ1) is 9.11. The van der Waals surface area contributed by atoms with Crippen molar-refractivity contribution in [3.63, 3.8) is 0 Å². The van der Waals surface area contributed by atoms with Gasteiger partial charge < -0.3 is 15.4 Å². The lowest BCUT2D eigenvalue weighted by atomic mass is 10.2. The number of carbonyl (C=O) groups is 1. The molecule has 2 N–H and O–H groups in total. The van der Waals surface area contributed by atoms with Crippen LogP contribution in [0, 0.1) is 0 Å². The summed E-state index contributed by atoms with van der Waals surface area (Å²) in [4.78, 5) is 11.7. The van der Waals surface area contributed by atoms with Gasteiger partial charge in [0.2, 0.25) is 5.91 Å². The summed E-state index contributed by atoms with van der Waals surface area (Å²) in [5.41, 5.74) is 2.02. The van der Waals surface area contributed by atoms with Crippen molar-refractivity contribution in [1.29, 1.82) is 0 Å². The summed E-state index contributed by atoms with van der Waals surface area (Å²) in [7, 11) is 1.64. The van der Waals surface area contributed by atoms with Crippen LogP contribution in [0.25, 0.3) is 0 Å². The lowest BCUT2D eigenvalue weighted by molar-refractivity contribution is -0.116. The quantitative estimate of drug-likeness (QED) is 0.709. The van der Waals surface area contributed by atoms with E-state index >= 15 is 0 Å². The summed E-state index contributed by atoms with van der Waals surface area (Å²) in [6.45, 7) is 5.65. The van der Waals surface area contributed by atoms with E-state index in [0.717, 1.165) is 18.7 Å². The third kappa shape index (κ3) is 6.94. The lowest BCUT2D eigenvalue weighted by Gasteiger charge is -2.10. The molecule has 0 spiro atoms. The standard InChI is InChI=1S/C15H24N2O2/c1-12(2)16-11-13-6-4-7-14(10-13)17-15(18)8-5-9-19-3/h4,6-7,10,12,16H,5,8-9,11H2,1-3H3,(H,17,18). The Morgan fingerprint density at radius 3 is 2.84 bits per heavy atom. The maximum atomic E-state index is 11.7. The van der Waals surface area contributed by atoms with E-state index in [0.29, 0.717) is 19.1 Å². The van der Waals surface area contributed by atoms with Crippen LogP contribution in [-0.4, -0.2) is 25.7 Å². The second kappa shape index (κ2) is 8.67. The van der Waals surface area contributed by atoms with Crippen LogP contribution in [0.1, 0.15) is 32.3 Å². The van der Waals surface area contributed by atoms with Crippen LogP contribution >= 0.6 is 0 Å². The number of nitrogens with one attached hydrogen (secondary N) is 2. The Balaban J connectivity index is 2.45. The summed E-state index contributed by atoms with van der Waals surface area (Å²) >= 11 is 0. The minimum Gasteiger partial charge on any atom is -0.385 e. The summed E-state index contributed by atoms with van der Waals surface area (Å²) in [5.74, 6) is 0.0334. The molecule has 0 bridgehead atoms. The molecule has 4 heteroatoms. The first-order valence-corrected chi connectivity index (χ1v) is 6.73. The fraction of sp³-hybridized carbons (Fsp3) is 0.533. The van der Waals surface area contributed by atoms with Crippen LogP contribution in [0.2, 0.25) is 0 Å². The molecule has 1 rings (SSSR count). The molecule has 0 aliphatic heterocycles. The molecule has 19 heavy (non-hydrogen) atoms. The Kier molecular flexibility index (Phi) is 7.15. The fourth-order valence-electron chi connectivity index (χ4n) is 1.68. The van der Waals surface area contributed by atoms with Gasteiger partial charge in [-0.25, -0.2) is 0 Å². The predicted octanol–water partition coefficient (Wildman–Crippen LogP) is 2.55. The third-order valence-electron chi connectivity index (χ3n) is 2.68. The van der Waals surface area contributed by atoms with Crippen molar-refractivity contribution in [2.24, 2.45) is 0 Å². The molecular weight excluding hydrogens is 240 g/mol. The first-order valence-electron chi connectivity index (χ1n) is 6.73. The van der Waals surface area contributed by atoms with Gasteiger partial charge in [-0.2, -0.15) is 0 Å². The SMILES string of the molecule is COCCCC(=O)Nc1cccc(CNC(C)C)c1. The zero-order valence-electron chi connectivity index (χ0n) is 12.0. The molecule has 4 nitrogen and oxygen atoms in total. The molecule has 0 saturated heterocycles. The molecule has 0 heterocycles. The molecule has 0 atom stereocenters. The van der Waals surface area contributed by atoms with Gasteiger partial charge in [0.25, 0.3) is 0 Å². The zero-order chi connectivity index (χ0) is 14.1. The van der Waals surface area contributed by atoms with Crippen LogP contribution in [-0.2, 0) is 16.1 Å². The highest BCUT2D eigenvalue weighted by Gasteiger charge is 2.03. The largest absolute Gasteiger partial charge is 0.385 e. The topological polar surface area (TPSA) is 50.4 Å². The molecule has 1 aromatic rings. The van der Waals surface area contributed by atoms with Crippen molar-refractivity contribution in [2.45, 2.75) is 39.3 Å². The van der Waals surface area contributed by atoms with Crippen LogP contribution in [0.15, 0.2) is 24.3 Å². The Bertz CT molecular complexity index is 391. The maximum absolute atomic E-state index is 11.7. The Morgan fingerprint density at radius 1 is 1.37 bits per heavy atom. The van der Waals surface area contributed by atoms with Gasteiger partial charge in [-0.3, -0.25) is 4.79 Å². The van der Waals surface area contributed by atoms with Crippen molar-refractivity contribution in [3.05, 3.63) is 29.8 Å². The highest BCUT2D eigenvalue weighted by molar-refractivity contribution is 5.90. The molecule has 1 aromatic carbocycles. The van der Waals surface area contributed by atoms with E-state index in [2.05, 4.69) is 30.5 Å². The van der Waals surface area contributed by atoms with Crippen LogP contribution in [0.5, 0.6) is 0 Å². The summed E-state index contributed by atoms with van der Waals surface area (Å²) < 4.78 is 4.93. The van der Waals surface area contributed by atoms with Gasteiger partial charge >= 0.3 is 0 Å². The fourth-order valence-corrected chi connectivity index (χ4v) is 1.68. The number of benzene rings is 1. The number of anilines is 1. The molecular formula is C15H24N2O2. The molecule has 0 radical (unpaired) electrons. The number of amides is 1. The van der Waals surface area contributed by atoms with Crippen molar-refractivity contribution in [3.8, 4) is 0 Å². The van der Waals surface area contributed by atoms with Crippen molar-refractivity contribution in [2.75, 3.05) is 19.0 Å². The maximum Gasteiger partial charge on any atom is 0.224 e. The summed E-state index contributed by atoms with van der Waals surface area (Å²) in [6, 6.07) is 8.38. The van der Waals surface area contributed by atoms with Gasteiger partial charge in [0.05, 0.1) is 0 Å². The van der Waals surface area contributed by atoms with E-state index in [1.54, 1.807) is 7.11 Å². The van der Waals surface area contributed by atoms with E-state index in [-0.39, 0.29) is 5.91 Å². The van der Waals surface area contributed by atoms with E-state index in [1.165, 1.54) is 5.56 Å². The molecule has 0 saturated carbocycles. The average Bonchev–Trinajstić information content (AvgIpc) is 2.37. The van der Waals surface area contributed by atoms with Gasteiger partial charge in [0.15, 0.2) is 0 Å². The first kappa shape index (κ1) is 15.7. The van der Waals surface area contributed by atoms with Gasteiger partial charge in [0, 0.05) is 38.4 Å². The van der Waals surface area contributed by atoms with Gasteiger partial charge in [-0.1, -0.05) is 26.0 Å². The number of hydrogen-bond acceptors (Lipinski definition) is 3. The number of hydrogen-bond donors (Lipinski definition) is 2. The van der Waals surface area contributed by atoms with E-state index in [4.69, 9.17) is 4.74 Å². The Hall–Kier alpha value is -1.39. The average molecular weight is 264 g/mol. The molecule has 0 aliphatic carbocycles. The predicted molar refractivity (Wildman–Crippen MR) is 78.2 cm³/mol. The van der Waals surface area contributed by atoms with E-state index < -0.39 is 0 Å². The molecule has 0 aliphatic rings. The van der Waals surface area contributed by atoms with Crippen LogP contribution < -0.4 is 10.6 Å². The van der Waals surface area contributed by atoms with Crippen molar-refractivity contribution >= 4 is 11.6 Å². The number of ether oxygens (including phenoxy) is 1. The van der Waals surface area contributed by atoms with Crippen molar-refractivity contribution in [1.82, 2.24) is 5.32 Å². The van der Waals surface area contributed by atoms with Crippen LogP contribution in [0.3, 0.4) is 0 Å². The molecule has 106 valence electrons. The highest BCUT2D eigenvalue weighted by Crippen LogP contribution is 2.11. The molecule has 0 aromatic heterocycles. The van der Waals surface area contributed by atoms with E-state index in [9.17, 15) is 4.79 Å².